The van der Waals surface area contributed by atoms with Crippen LogP contribution in [0.3, 0.4) is 0 Å². The molecule has 2 amide bonds. The molecule has 2 aliphatic rings. The van der Waals surface area contributed by atoms with Gasteiger partial charge >= 0.3 is 0 Å². The van der Waals surface area contributed by atoms with Gasteiger partial charge in [-0.3, -0.25) is 9.59 Å². The fourth-order valence-electron chi connectivity index (χ4n) is 3.50. The van der Waals surface area contributed by atoms with Gasteiger partial charge in [0.15, 0.2) is 0 Å². The lowest BCUT2D eigenvalue weighted by Crippen LogP contribution is -2.44. The van der Waals surface area contributed by atoms with Gasteiger partial charge in [-0.2, -0.15) is 0 Å². The molecule has 142 valence electrons. The second-order valence-corrected chi connectivity index (χ2v) is 8.60. The molecule has 1 aliphatic heterocycles. The van der Waals surface area contributed by atoms with Crippen LogP contribution in [0, 0.1) is 5.92 Å². The minimum atomic E-state index is -0.278. The van der Waals surface area contributed by atoms with Crippen LogP contribution in [0.25, 0.3) is 0 Å². The van der Waals surface area contributed by atoms with Crippen LogP contribution in [0.5, 0.6) is 0 Å². The van der Waals surface area contributed by atoms with E-state index in [1.165, 1.54) is 11.3 Å². The van der Waals surface area contributed by atoms with Crippen LogP contribution in [-0.4, -0.2) is 40.0 Å². The van der Waals surface area contributed by atoms with Crippen LogP contribution in [0.4, 0.5) is 5.69 Å². The maximum absolute atomic E-state index is 12.5. The second kappa shape index (κ2) is 7.94. The van der Waals surface area contributed by atoms with E-state index < -0.39 is 0 Å². The molecule has 1 atom stereocenters. The fraction of sp³-hybridized carbons (Fsp3) is 0.474. The lowest BCUT2D eigenvalue weighted by molar-refractivity contribution is -0.139. The Bertz CT molecular complexity index is 834. The van der Waals surface area contributed by atoms with E-state index in [4.69, 9.17) is 11.6 Å². The van der Waals surface area contributed by atoms with Gasteiger partial charge in [0.2, 0.25) is 10.9 Å². The third kappa shape index (κ3) is 4.14. The molecule has 1 N–H and O–H groups in total. The number of benzene rings is 1. The van der Waals surface area contributed by atoms with Crippen LogP contribution < -0.4 is 5.32 Å². The summed E-state index contributed by atoms with van der Waals surface area (Å²) < 4.78 is 0. The number of halogens is 1. The molecule has 1 aliphatic carbocycles. The summed E-state index contributed by atoms with van der Waals surface area (Å²) in [5.41, 5.74) is 0.663. The fourth-order valence-corrected chi connectivity index (χ4v) is 4.49. The van der Waals surface area contributed by atoms with Gasteiger partial charge in [-0.25, -0.2) is 0 Å². The number of piperidine rings is 1. The van der Waals surface area contributed by atoms with Crippen LogP contribution >= 0.6 is 22.9 Å². The first kappa shape index (κ1) is 18.4. The number of rotatable bonds is 4. The molecular weight excluding hydrogens is 384 g/mol. The van der Waals surface area contributed by atoms with Gasteiger partial charge in [-0.15, -0.1) is 10.2 Å². The third-order valence-electron chi connectivity index (χ3n) is 5.27. The Hall–Kier alpha value is -1.99. The van der Waals surface area contributed by atoms with Crippen LogP contribution in [0.2, 0.25) is 5.02 Å². The number of carbonyl (C=O) groups is 2. The molecule has 2 heterocycles. The van der Waals surface area contributed by atoms with E-state index in [1.807, 2.05) is 4.90 Å². The van der Waals surface area contributed by atoms with Crippen LogP contribution in [0.1, 0.15) is 52.8 Å². The van der Waals surface area contributed by atoms with E-state index >= 15 is 0 Å². The Labute approximate surface area is 166 Å². The lowest BCUT2D eigenvalue weighted by Gasteiger charge is -2.36. The lowest BCUT2D eigenvalue weighted by atomic mass is 9.83. The van der Waals surface area contributed by atoms with E-state index in [1.54, 1.807) is 24.3 Å². The Balaban J connectivity index is 1.39. The molecule has 6 nitrogen and oxygen atoms in total. The molecule has 2 aromatic rings. The first-order chi connectivity index (χ1) is 13.1. The molecule has 1 saturated heterocycles. The van der Waals surface area contributed by atoms with Gasteiger partial charge in [-0.05, 0) is 49.9 Å². The Kier molecular flexibility index (Phi) is 5.41. The van der Waals surface area contributed by atoms with Gasteiger partial charge < -0.3 is 10.2 Å². The quantitative estimate of drug-likeness (QED) is 0.837. The maximum atomic E-state index is 12.5. The van der Waals surface area contributed by atoms with Crippen molar-refractivity contribution in [3.05, 3.63) is 39.3 Å². The molecule has 4 rings (SSSR count). The molecule has 0 bridgehead atoms. The summed E-state index contributed by atoms with van der Waals surface area (Å²) >= 11 is 7.17. The van der Waals surface area contributed by atoms with E-state index in [9.17, 15) is 9.59 Å². The standard InChI is InChI=1S/C19H21ClN4O2S/c20-14-6-8-15(9-7-14)21-16(25)18-23-22-17(27-18)13-5-2-10-24(11-13)19(26)12-3-1-4-12/h6-9,12-13H,1-5,10-11H2,(H,21,25)/t13-/m0/s1. The summed E-state index contributed by atoms with van der Waals surface area (Å²) in [5, 5.41) is 12.9. The minimum absolute atomic E-state index is 0.164. The molecule has 27 heavy (non-hydrogen) atoms. The van der Waals surface area contributed by atoms with Gasteiger partial charge in [-0.1, -0.05) is 29.4 Å². The Morgan fingerprint density at radius 3 is 2.59 bits per heavy atom. The number of hydrogen-bond acceptors (Lipinski definition) is 5. The number of likely N-dealkylation sites (tertiary alicyclic amines) is 1. The molecule has 8 heteroatoms. The van der Waals surface area contributed by atoms with Crippen molar-refractivity contribution < 1.29 is 9.59 Å². The largest absolute Gasteiger partial charge is 0.342 e. The zero-order valence-corrected chi connectivity index (χ0v) is 16.4. The average Bonchev–Trinajstić information content (AvgIpc) is 3.13. The molecule has 1 saturated carbocycles. The zero-order chi connectivity index (χ0) is 18.8. The highest BCUT2D eigenvalue weighted by Gasteiger charge is 2.33. The molecule has 0 unspecified atom stereocenters. The number of carbonyl (C=O) groups excluding carboxylic acids is 2. The number of aromatic nitrogens is 2. The highest BCUT2D eigenvalue weighted by molar-refractivity contribution is 7.13. The first-order valence-corrected chi connectivity index (χ1v) is 10.5. The summed E-state index contributed by atoms with van der Waals surface area (Å²) in [6.07, 6.45) is 5.15. The molecule has 2 fully saturated rings. The molecule has 0 radical (unpaired) electrons. The molecule has 1 aromatic carbocycles. The van der Waals surface area contributed by atoms with Gasteiger partial charge in [0.05, 0.1) is 0 Å². The number of amides is 2. The smallest absolute Gasteiger partial charge is 0.286 e. The average molecular weight is 405 g/mol. The maximum Gasteiger partial charge on any atom is 0.286 e. The number of anilines is 1. The zero-order valence-electron chi connectivity index (χ0n) is 14.9. The van der Waals surface area contributed by atoms with Crippen molar-refractivity contribution in [3.63, 3.8) is 0 Å². The summed E-state index contributed by atoms with van der Waals surface area (Å²) in [4.78, 5) is 26.9. The number of nitrogens with one attached hydrogen (secondary N) is 1. The van der Waals surface area contributed by atoms with Gasteiger partial charge in [0, 0.05) is 35.6 Å². The van der Waals surface area contributed by atoms with Crippen molar-refractivity contribution in [1.82, 2.24) is 15.1 Å². The molecule has 1 aromatic heterocycles. The predicted octanol–water partition coefficient (Wildman–Crippen LogP) is 3.95. The van der Waals surface area contributed by atoms with E-state index in [2.05, 4.69) is 15.5 Å². The Morgan fingerprint density at radius 1 is 1.11 bits per heavy atom. The SMILES string of the molecule is O=C(Nc1ccc(Cl)cc1)c1nnc([C@H]2CCCN(C(=O)C3CCC3)C2)s1. The topological polar surface area (TPSA) is 75.2 Å². The van der Waals surface area contributed by atoms with Crippen LogP contribution in [-0.2, 0) is 4.79 Å². The Morgan fingerprint density at radius 2 is 1.89 bits per heavy atom. The summed E-state index contributed by atoms with van der Waals surface area (Å²) in [5.74, 6) is 0.395. The van der Waals surface area contributed by atoms with Gasteiger partial charge in [0.1, 0.15) is 5.01 Å². The molecule has 0 spiro atoms. The summed E-state index contributed by atoms with van der Waals surface area (Å²) in [6, 6.07) is 6.93. The van der Waals surface area contributed by atoms with E-state index in [0.717, 1.165) is 43.7 Å². The monoisotopic (exact) mass is 404 g/mol. The predicted molar refractivity (Wildman–Crippen MR) is 105 cm³/mol. The minimum Gasteiger partial charge on any atom is -0.342 e. The molecular formula is C19H21ClN4O2S. The van der Waals surface area contributed by atoms with Crippen molar-refractivity contribution in [2.75, 3.05) is 18.4 Å². The van der Waals surface area contributed by atoms with Crippen molar-refractivity contribution >= 4 is 40.4 Å². The van der Waals surface area contributed by atoms with Crippen molar-refractivity contribution in [2.24, 2.45) is 5.92 Å². The van der Waals surface area contributed by atoms with Crippen molar-refractivity contribution in [1.29, 1.82) is 0 Å². The van der Waals surface area contributed by atoms with E-state index in [0.29, 0.717) is 22.3 Å². The van der Waals surface area contributed by atoms with Crippen molar-refractivity contribution in [2.45, 2.75) is 38.0 Å². The van der Waals surface area contributed by atoms with Crippen LogP contribution in [0.15, 0.2) is 24.3 Å². The highest BCUT2D eigenvalue weighted by atomic mass is 35.5. The highest BCUT2D eigenvalue weighted by Crippen LogP contribution is 2.33. The first-order valence-electron chi connectivity index (χ1n) is 9.29. The van der Waals surface area contributed by atoms with E-state index in [-0.39, 0.29) is 23.7 Å². The summed E-state index contributed by atoms with van der Waals surface area (Å²) in [7, 11) is 0. The third-order valence-corrected chi connectivity index (χ3v) is 6.61. The van der Waals surface area contributed by atoms with Crippen molar-refractivity contribution in [3.8, 4) is 0 Å². The normalized spacial score (nSPS) is 20.2. The van der Waals surface area contributed by atoms with Gasteiger partial charge in [0.25, 0.3) is 5.91 Å². The number of hydrogen-bond donors (Lipinski definition) is 1. The number of nitrogens with zero attached hydrogens (tertiary/aromatic N) is 3. The summed E-state index contributed by atoms with van der Waals surface area (Å²) in [6.45, 7) is 1.51. The second-order valence-electron chi connectivity index (χ2n) is 7.16.